The van der Waals surface area contributed by atoms with Crippen molar-refractivity contribution in [3.8, 4) is 0 Å². The zero-order valence-electron chi connectivity index (χ0n) is 10.3. The average Bonchev–Trinajstić information content (AvgIpc) is 2.42. The molecule has 0 saturated carbocycles. The number of carbonyl (C=O) groups is 1. The normalized spacial score (nSPS) is 10.3. The van der Waals surface area contributed by atoms with Crippen LogP contribution in [0.15, 0.2) is 36.4 Å². The van der Waals surface area contributed by atoms with E-state index >= 15 is 0 Å². The Morgan fingerprint density at radius 1 is 1.20 bits per heavy atom. The van der Waals surface area contributed by atoms with Gasteiger partial charge in [-0.25, -0.2) is 8.78 Å². The quantitative estimate of drug-likeness (QED) is 0.855. The maximum atomic E-state index is 13.4. The molecule has 2 rings (SSSR count). The van der Waals surface area contributed by atoms with Crippen LogP contribution in [-0.4, -0.2) is 5.91 Å². The van der Waals surface area contributed by atoms with Crippen LogP contribution in [-0.2, 0) is 6.54 Å². The summed E-state index contributed by atoms with van der Waals surface area (Å²) in [5.41, 5.74) is 6.26. The summed E-state index contributed by atoms with van der Waals surface area (Å²) in [6.45, 7) is -0.121. The third-order valence-electron chi connectivity index (χ3n) is 2.71. The highest BCUT2D eigenvalue weighted by molar-refractivity contribution is 6.33. The summed E-state index contributed by atoms with van der Waals surface area (Å²) in [6.07, 6.45) is 0. The molecule has 0 radical (unpaired) electrons. The third-order valence-corrected chi connectivity index (χ3v) is 3.04. The zero-order chi connectivity index (χ0) is 14.7. The lowest BCUT2D eigenvalue weighted by Crippen LogP contribution is -2.23. The number of amides is 1. The average molecular weight is 297 g/mol. The molecule has 0 spiro atoms. The molecule has 3 N–H and O–H groups in total. The Morgan fingerprint density at radius 3 is 2.65 bits per heavy atom. The van der Waals surface area contributed by atoms with E-state index in [1.165, 1.54) is 18.2 Å². The molecule has 0 aliphatic heterocycles. The first kappa shape index (κ1) is 14.3. The Kier molecular flexibility index (Phi) is 4.20. The first-order chi connectivity index (χ1) is 9.47. The lowest BCUT2D eigenvalue weighted by Gasteiger charge is -2.07. The summed E-state index contributed by atoms with van der Waals surface area (Å²) in [7, 11) is 0. The fraction of sp³-hybridized carbons (Fsp3) is 0.0714. The van der Waals surface area contributed by atoms with Gasteiger partial charge in [0.05, 0.1) is 10.7 Å². The molecule has 0 unspecified atom stereocenters. The Balaban J connectivity index is 2.08. The standard InChI is InChI=1S/C14H11ClF2N2O/c15-11-6-8(1-4-13(11)18)14(20)19-7-9-5-10(16)2-3-12(9)17/h1-6H,7,18H2,(H,19,20). The van der Waals surface area contributed by atoms with Crippen LogP contribution in [0.3, 0.4) is 0 Å². The van der Waals surface area contributed by atoms with Crippen LogP contribution in [0.2, 0.25) is 5.02 Å². The van der Waals surface area contributed by atoms with E-state index in [0.717, 1.165) is 18.2 Å². The van der Waals surface area contributed by atoms with Gasteiger partial charge in [-0.3, -0.25) is 4.79 Å². The summed E-state index contributed by atoms with van der Waals surface area (Å²) in [5.74, 6) is -1.59. The lowest BCUT2D eigenvalue weighted by atomic mass is 10.1. The second-order valence-corrected chi connectivity index (χ2v) is 4.56. The van der Waals surface area contributed by atoms with Crippen molar-refractivity contribution in [3.05, 3.63) is 64.2 Å². The molecular formula is C14H11ClF2N2O. The number of hydrogen-bond donors (Lipinski definition) is 2. The molecule has 104 valence electrons. The number of carbonyl (C=O) groups excluding carboxylic acids is 1. The molecule has 0 heterocycles. The molecule has 20 heavy (non-hydrogen) atoms. The smallest absolute Gasteiger partial charge is 0.251 e. The van der Waals surface area contributed by atoms with E-state index in [9.17, 15) is 13.6 Å². The van der Waals surface area contributed by atoms with Crippen LogP contribution in [0.1, 0.15) is 15.9 Å². The molecule has 1 amide bonds. The predicted molar refractivity (Wildman–Crippen MR) is 73.4 cm³/mol. The van der Waals surface area contributed by atoms with Gasteiger partial charge in [0.2, 0.25) is 0 Å². The van der Waals surface area contributed by atoms with Gasteiger partial charge in [-0.1, -0.05) is 11.6 Å². The van der Waals surface area contributed by atoms with E-state index in [2.05, 4.69) is 5.32 Å². The number of nitrogens with one attached hydrogen (secondary N) is 1. The van der Waals surface area contributed by atoms with E-state index < -0.39 is 17.5 Å². The van der Waals surface area contributed by atoms with Gasteiger partial charge in [0.15, 0.2) is 0 Å². The molecule has 0 aliphatic carbocycles. The fourth-order valence-corrected chi connectivity index (χ4v) is 1.81. The van der Waals surface area contributed by atoms with Gasteiger partial charge in [-0.15, -0.1) is 0 Å². The van der Waals surface area contributed by atoms with E-state index in [0.29, 0.717) is 11.3 Å². The summed E-state index contributed by atoms with van der Waals surface area (Å²) < 4.78 is 26.4. The van der Waals surface area contributed by atoms with Crippen LogP contribution in [0.25, 0.3) is 0 Å². The van der Waals surface area contributed by atoms with Gasteiger partial charge in [-0.05, 0) is 36.4 Å². The molecule has 0 aromatic heterocycles. The zero-order valence-corrected chi connectivity index (χ0v) is 11.0. The second kappa shape index (κ2) is 5.88. The Hall–Kier alpha value is -2.14. The van der Waals surface area contributed by atoms with Gasteiger partial charge in [0, 0.05) is 17.7 Å². The maximum Gasteiger partial charge on any atom is 0.251 e. The molecule has 2 aromatic carbocycles. The second-order valence-electron chi connectivity index (χ2n) is 4.15. The van der Waals surface area contributed by atoms with Gasteiger partial charge in [0.1, 0.15) is 11.6 Å². The Labute approximate surface area is 119 Å². The number of nitrogens with two attached hydrogens (primary N) is 1. The third kappa shape index (κ3) is 3.24. The van der Waals surface area contributed by atoms with Gasteiger partial charge in [0.25, 0.3) is 5.91 Å². The molecular weight excluding hydrogens is 286 g/mol. The van der Waals surface area contributed by atoms with Crippen LogP contribution in [0, 0.1) is 11.6 Å². The van der Waals surface area contributed by atoms with Crippen molar-refractivity contribution in [1.29, 1.82) is 0 Å². The van der Waals surface area contributed by atoms with Crippen molar-refractivity contribution < 1.29 is 13.6 Å². The van der Waals surface area contributed by atoms with Crippen molar-refractivity contribution in [1.82, 2.24) is 5.32 Å². The maximum absolute atomic E-state index is 13.4. The highest BCUT2D eigenvalue weighted by Crippen LogP contribution is 2.19. The number of anilines is 1. The number of halogens is 3. The lowest BCUT2D eigenvalue weighted by molar-refractivity contribution is 0.0950. The largest absolute Gasteiger partial charge is 0.398 e. The van der Waals surface area contributed by atoms with Crippen molar-refractivity contribution in [2.45, 2.75) is 6.54 Å². The number of benzene rings is 2. The number of rotatable bonds is 3. The van der Waals surface area contributed by atoms with Crippen LogP contribution >= 0.6 is 11.6 Å². The summed E-state index contributed by atoms with van der Waals surface area (Å²) in [4.78, 5) is 11.9. The summed E-state index contributed by atoms with van der Waals surface area (Å²) in [5, 5.41) is 2.74. The number of hydrogen-bond acceptors (Lipinski definition) is 2. The summed E-state index contributed by atoms with van der Waals surface area (Å²) >= 11 is 5.81. The van der Waals surface area contributed by atoms with Gasteiger partial charge >= 0.3 is 0 Å². The molecule has 2 aromatic rings. The minimum absolute atomic E-state index is 0.0693. The van der Waals surface area contributed by atoms with Crippen molar-refractivity contribution in [2.75, 3.05) is 5.73 Å². The molecule has 0 fully saturated rings. The molecule has 0 bridgehead atoms. The molecule has 6 heteroatoms. The van der Waals surface area contributed by atoms with E-state index in [-0.39, 0.29) is 17.1 Å². The molecule has 0 atom stereocenters. The molecule has 0 saturated heterocycles. The fourth-order valence-electron chi connectivity index (χ4n) is 1.62. The minimum atomic E-state index is -0.581. The van der Waals surface area contributed by atoms with Crippen molar-refractivity contribution in [2.24, 2.45) is 0 Å². The molecule has 3 nitrogen and oxygen atoms in total. The van der Waals surface area contributed by atoms with Crippen molar-refractivity contribution >= 4 is 23.2 Å². The summed E-state index contributed by atoms with van der Waals surface area (Å²) in [6, 6.07) is 7.47. The van der Waals surface area contributed by atoms with Gasteiger partial charge < -0.3 is 11.1 Å². The highest BCUT2D eigenvalue weighted by Gasteiger charge is 2.09. The first-order valence-electron chi connectivity index (χ1n) is 5.74. The Bertz CT molecular complexity index is 662. The first-order valence-corrected chi connectivity index (χ1v) is 6.12. The SMILES string of the molecule is Nc1ccc(C(=O)NCc2cc(F)ccc2F)cc1Cl. The van der Waals surface area contributed by atoms with Gasteiger partial charge in [-0.2, -0.15) is 0 Å². The van der Waals surface area contributed by atoms with E-state index in [4.69, 9.17) is 17.3 Å². The Morgan fingerprint density at radius 2 is 1.95 bits per heavy atom. The monoisotopic (exact) mass is 296 g/mol. The number of nitrogen functional groups attached to an aromatic ring is 1. The topological polar surface area (TPSA) is 55.1 Å². The minimum Gasteiger partial charge on any atom is -0.398 e. The van der Waals surface area contributed by atoms with E-state index in [1.54, 1.807) is 0 Å². The molecule has 0 aliphatic rings. The predicted octanol–water partition coefficient (Wildman–Crippen LogP) is 3.13. The van der Waals surface area contributed by atoms with Crippen LogP contribution in [0.5, 0.6) is 0 Å². The highest BCUT2D eigenvalue weighted by atomic mass is 35.5. The van der Waals surface area contributed by atoms with Crippen LogP contribution < -0.4 is 11.1 Å². The van der Waals surface area contributed by atoms with E-state index in [1.807, 2.05) is 0 Å². The van der Waals surface area contributed by atoms with Crippen molar-refractivity contribution in [3.63, 3.8) is 0 Å². The van der Waals surface area contributed by atoms with Crippen LogP contribution in [0.4, 0.5) is 14.5 Å².